The van der Waals surface area contributed by atoms with E-state index in [-0.39, 0.29) is 43.9 Å². The molecule has 1 aromatic carbocycles. The first-order chi connectivity index (χ1) is 11.0. The van der Waals surface area contributed by atoms with Gasteiger partial charge in [0.25, 0.3) is 0 Å². The van der Waals surface area contributed by atoms with Crippen molar-refractivity contribution in [3.05, 3.63) is 41.3 Å². The minimum Gasteiger partial charge on any atom is -0.312 e. The Bertz CT molecular complexity index is 641. The van der Waals surface area contributed by atoms with Crippen LogP contribution < -0.4 is 0 Å². The van der Waals surface area contributed by atoms with Gasteiger partial charge in [-0.25, -0.2) is 9.78 Å². The summed E-state index contributed by atoms with van der Waals surface area (Å²) in [6.45, 7) is 6.83. The summed E-state index contributed by atoms with van der Waals surface area (Å²) >= 11 is 0. The largest absolute Gasteiger partial charge is 0.312 e. The predicted octanol–water partition coefficient (Wildman–Crippen LogP) is 5.10. The van der Waals surface area contributed by atoms with Crippen LogP contribution in [0.1, 0.15) is 63.5 Å². The van der Waals surface area contributed by atoms with Crippen LogP contribution in [-0.4, -0.2) is 5.60 Å². The maximum absolute atomic E-state index is 6.08. The number of rotatable bonds is 2. The number of aryl methyl sites for hydroxylation is 1. The van der Waals surface area contributed by atoms with E-state index in [0.29, 0.717) is 17.3 Å². The van der Waals surface area contributed by atoms with Gasteiger partial charge in [-0.05, 0) is 44.1 Å². The molecule has 1 aliphatic heterocycles. The van der Waals surface area contributed by atoms with Crippen molar-refractivity contribution < 1.29 is 42.5 Å². The van der Waals surface area contributed by atoms with E-state index in [1.165, 1.54) is 49.7 Å². The maximum Gasteiger partial charge on any atom is 0.158 e. The molecule has 1 saturated heterocycles. The summed E-state index contributed by atoms with van der Waals surface area (Å²) in [6.07, 6.45) is 7.89. The summed E-state index contributed by atoms with van der Waals surface area (Å²) in [5, 5.41) is 0. The standard InChI is InChI=1S/C21H27O2.Y/c1-4-20-11-15-9-17(12-20)21(18(10-15)13-20)19(3,22-23-21)16-7-5-6-14(2)8-16;/h5-8,17-18H,4,9-13H2,1-3H3;/q-1;. The summed E-state index contributed by atoms with van der Waals surface area (Å²) in [5.41, 5.74) is 2.80. The molecular formula is C21H27O2Y-. The third kappa shape index (κ3) is 2.03. The molecule has 4 aliphatic carbocycles. The van der Waals surface area contributed by atoms with Gasteiger partial charge in [-0.3, -0.25) is 0 Å². The fraction of sp³-hybridized carbons (Fsp3) is 0.667. The van der Waals surface area contributed by atoms with Crippen LogP contribution in [0.5, 0.6) is 0 Å². The molecule has 0 aromatic heterocycles. The van der Waals surface area contributed by atoms with E-state index in [2.05, 4.69) is 45.0 Å². The summed E-state index contributed by atoms with van der Waals surface area (Å²) < 4.78 is 0. The zero-order valence-corrected chi connectivity index (χ0v) is 17.9. The fourth-order valence-electron chi connectivity index (χ4n) is 6.62. The molecule has 1 spiro atoms. The van der Waals surface area contributed by atoms with Gasteiger partial charge in [0, 0.05) is 32.7 Å². The van der Waals surface area contributed by atoms with Gasteiger partial charge >= 0.3 is 0 Å². The van der Waals surface area contributed by atoms with Gasteiger partial charge in [0.05, 0.1) is 0 Å². The van der Waals surface area contributed by atoms with Crippen LogP contribution in [0.25, 0.3) is 0 Å². The van der Waals surface area contributed by atoms with Crippen LogP contribution in [0.4, 0.5) is 0 Å². The minimum absolute atomic E-state index is 0. The molecule has 1 aromatic rings. The molecule has 0 amide bonds. The zero-order chi connectivity index (χ0) is 15.9. The van der Waals surface area contributed by atoms with Crippen molar-refractivity contribution in [3.8, 4) is 0 Å². The van der Waals surface area contributed by atoms with Crippen LogP contribution in [0.3, 0.4) is 0 Å². The molecule has 5 fully saturated rings. The van der Waals surface area contributed by atoms with E-state index in [9.17, 15) is 0 Å². The molecule has 1 heterocycles. The third-order valence-electron chi connectivity index (χ3n) is 7.68. The van der Waals surface area contributed by atoms with E-state index in [1.54, 1.807) is 0 Å². The average Bonchev–Trinajstić information content (AvgIpc) is 2.52. The van der Waals surface area contributed by atoms with Crippen molar-refractivity contribution in [3.63, 3.8) is 0 Å². The van der Waals surface area contributed by atoms with Crippen molar-refractivity contribution in [1.82, 2.24) is 0 Å². The topological polar surface area (TPSA) is 18.5 Å². The normalized spacial score (nSPS) is 46.0. The average molecular weight is 400 g/mol. The molecule has 0 N–H and O–H groups in total. The van der Waals surface area contributed by atoms with Crippen molar-refractivity contribution >= 4 is 0 Å². The second-order valence-corrected chi connectivity index (χ2v) is 8.85. The molecule has 4 saturated carbocycles. The predicted molar refractivity (Wildman–Crippen MR) is 89.5 cm³/mol. The maximum atomic E-state index is 6.08. The zero-order valence-electron chi connectivity index (χ0n) is 15.1. The van der Waals surface area contributed by atoms with Crippen LogP contribution in [-0.2, 0) is 48.1 Å². The van der Waals surface area contributed by atoms with Crippen molar-refractivity contribution in [2.45, 2.75) is 70.5 Å². The quantitative estimate of drug-likeness (QED) is 0.508. The van der Waals surface area contributed by atoms with Crippen LogP contribution in [0, 0.1) is 30.1 Å². The summed E-state index contributed by atoms with van der Waals surface area (Å²) in [6, 6.07) is 8.84. The molecule has 4 bridgehead atoms. The summed E-state index contributed by atoms with van der Waals surface area (Å²) in [7, 11) is 0. The van der Waals surface area contributed by atoms with Gasteiger partial charge in [-0.15, -0.1) is 0 Å². The monoisotopic (exact) mass is 400 g/mol. The fourth-order valence-corrected chi connectivity index (χ4v) is 6.62. The van der Waals surface area contributed by atoms with Gasteiger partial charge in [0.15, 0.2) is 5.60 Å². The molecule has 3 atom stereocenters. The Kier molecular flexibility index (Phi) is 4.13. The summed E-state index contributed by atoms with van der Waals surface area (Å²) in [5.74, 6) is 3.09. The van der Waals surface area contributed by atoms with Crippen LogP contribution >= 0.6 is 0 Å². The van der Waals surface area contributed by atoms with Crippen LogP contribution in [0.15, 0.2) is 24.3 Å². The Hall–Kier alpha value is 0.244. The van der Waals surface area contributed by atoms with Gasteiger partial charge in [0.2, 0.25) is 0 Å². The third-order valence-corrected chi connectivity index (χ3v) is 7.68. The van der Waals surface area contributed by atoms with E-state index in [1.807, 2.05) is 5.92 Å². The first-order valence-electron chi connectivity index (χ1n) is 9.29. The van der Waals surface area contributed by atoms with E-state index in [4.69, 9.17) is 9.78 Å². The Morgan fingerprint density at radius 2 is 1.88 bits per heavy atom. The van der Waals surface area contributed by atoms with Crippen molar-refractivity contribution in [2.24, 2.45) is 17.3 Å². The first-order valence-corrected chi connectivity index (χ1v) is 9.29. The Labute approximate surface area is 170 Å². The Balaban J connectivity index is 0.00000146. The molecule has 127 valence electrons. The Morgan fingerprint density at radius 1 is 1.17 bits per heavy atom. The second kappa shape index (κ2) is 5.62. The Morgan fingerprint density at radius 3 is 2.42 bits per heavy atom. The van der Waals surface area contributed by atoms with E-state index < -0.39 is 0 Å². The first kappa shape index (κ1) is 17.6. The SMILES string of the molecule is CCC12C[C-]3CC(C1)C1(OOC1(C)c1cccc(C)c1)C(C3)C2.[Y]. The van der Waals surface area contributed by atoms with Crippen molar-refractivity contribution in [2.75, 3.05) is 0 Å². The van der Waals surface area contributed by atoms with Gasteiger partial charge in [-0.2, -0.15) is 19.3 Å². The van der Waals surface area contributed by atoms with Crippen molar-refractivity contribution in [1.29, 1.82) is 0 Å². The molecule has 3 heteroatoms. The number of hydrogen-bond donors (Lipinski definition) is 0. The number of hydrogen-bond acceptors (Lipinski definition) is 2. The van der Waals surface area contributed by atoms with E-state index >= 15 is 0 Å². The van der Waals surface area contributed by atoms with E-state index in [0.717, 1.165) is 0 Å². The molecule has 3 unspecified atom stereocenters. The van der Waals surface area contributed by atoms with Gasteiger partial charge in [-0.1, -0.05) is 48.6 Å². The molecule has 24 heavy (non-hydrogen) atoms. The molecular weight excluding hydrogens is 373 g/mol. The summed E-state index contributed by atoms with van der Waals surface area (Å²) in [4.78, 5) is 12.0. The van der Waals surface area contributed by atoms with Gasteiger partial charge < -0.3 is 5.92 Å². The van der Waals surface area contributed by atoms with Gasteiger partial charge in [0.1, 0.15) is 5.60 Å². The molecule has 1 radical (unpaired) electrons. The second-order valence-electron chi connectivity index (χ2n) is 8.85. The minimum atomic E-state index is -0.281. The van der Waals surface area contributed by atoms with Crippen LogP contribution in [0.2, 0.25) is 0 Å². The number of benzene rings is 1. The smallest absolute Gasteiger partial charge is 0.158 e. The molecule has 5 aliphatic rings. The molecule has 2 nitrogen and oxygen atoms in total. The molecule has 6 rings (SSSR count).